The summed E-state index contributed by atoms with van der Waals surface area (Å²) >= 11 is 5.92. The third kappa shape index (κ3) is 6.49. The SMILES string of the molecule is Cc1cc(C(F)(F)F)nn1CCCNC(=O)c1ccc(COc2cccc(Cl)c2)cc1. The number of nitrogens with one attached hydrogen (secondary N) is 1. The van der Waals surface area contributed by atoms with Crippen LogP contribution < -0.4 is 10.1 Å². The number of ether oxygens (including phenoxy) is 1. The lowest BCUT2D eigenvalue weighted by molar-refractivity contribution is -0.141. The number of carbonyl (C=O) groups excluding carboxylic acids is 1. The van der Waals surface area contributed by atoms with Crippen LogP contribution in [0, 0.1) is 6.92 Å². The molecule has 1 amide bonds. The second kappa shape index (κ2) is 9.87. The smallest absolute Gasteiger partial charge is 0.435 e. The van der Waals surface area contributed by atoms with E-state index >= 15 is 0 Å². The summed E-state index contributed by atoms with van der Waals surface area (Å²) < 4.78 is 45.0. The van der Waals surface area contributed by atoms with Crippen molar-refractivity contribution in [3.8, 4) is 5.75 Å². The molecule has 0 bridgehead atoms. The molecule has 1 N–H and O–H groups in total. The second-order valence-electron chi connectivity index (χ2n) is 6.94. The van der Waals surface area contributed by atoms with Crippen molar-refractivity contribution in [3.05, 3.63) is 82.1 Å². The van der Waals surface area contributed by atoms with Gasteiger partial charge in [0.25, 0.3) is 5.91 Å². The Balaban J connectivity index is 1.44. The standard InChI is InChI=1S/C22H21ClF3N3O2/c1-15-12-20(22(24,25)26)28-29(15)11-3-10-27-21(30)17-8-6-16(7-9-17)14-31-19-5-2-4-18(23)13-19/h2,4-9,12-13H,3,10-11,14H2,1H3,(H,27,30). The molecule has 0 aliphatic rings. The Labute approximate surface area is 182 Å². The Morgan fingerprint density at radius 1 is 1.16 bits per heavy atom. The van der Waals surface area contributed by atoms with Gasteiger partial charge in [0, 0.05) is 29.4 Å². The van der Waals surface area contributed by atoms with Crippen molar-refractivity contribution in [1.82, 2.24) is 15.1 Å². The molecule has 0 aliphatic heterocycles. The molecule has 0 saturated heterocycles. The van der Waals surface area contributed by atoms with Gasteiger partial charge in [0.15, 0.2) is 5.69 Å². The maximum absolute atomic E-state index is 12.7. The number of rotatable bonds is 8. The van der Waals surface area contributed by atoms with E-state index in [4.69, 9.17) is 16.3 Å². The molecular formula is C22H21ClF3N3O2. The Hall–Kier alpha value is -3.00. The van der Waals surface area contributed by atoms with Crippen molar-refractivity contribution in [1.29, 1.82) is 0 Å². The largest absolute Gasteiger partial charge is 0.489 e. The Morgan fingerprint density at radius 3 is 2.55 bits per heavy atom. The van der Waals surface area contributed by atoms with E-state index in [9.17, 15) is 18.0 Å². The van der Waals surface area contributed by atoms with Gasteiger partial charge in [-0.1, -0.05) is 29.8 Å². The zero-order chi connectivity index (χ0) is 22.4. The molecule has 2 aromatic carbocycles. The molecule has 3 aromatic rings. The number of benzene rings is 2. The van der Waals surface area contributed by atoms with Gasteiger partial charge in [0.1, 0.15) is 12.4 Å². The van der Waals surface area contributed by atoms with Crippen LogP contribution in [0.5, 0.6) is 5.75 Å². The molecule has 3 rings (SSSR count). The Kier molecular flexibility index (Phi) is 7.22. The molecule has 0 atom stereocenters. The molecule has 5 nitrogen and oxygen atoms in total. The first-order valence-electron chi connectivity index (χ1n) is 9.59. The normalized spacial score (nSPS) is 11.4. The van der Waals surface area contributed by atoms with E-state index in [1.165, 1.54) is 4.68 Å². The van der Waals surface area contributed by atoms with E-state index in [0.29, 0.717) is 41.6 Å². The topological polar surface area (TPSA) is 56.2 Å². The predicted octanol–water partition coefficient (Wildman–Crippen LogP) is 5.26. The quantitative estimate of drug-likeness (QED) is 0.475. The zero-order valence-electron chi connectivity index (χ0n) is 16.7. The molecule has 0 fully saturated rings. The predicted molar refractivity (Wildman–Crippen MR) is 111 cm³/mol. The molecule has 9 heteroatoms. The lowest BCUT2D eigenvalue weighted by atomic mass is 10.1. The number of alkyl halides is 3. The number of aromatic nitrogens is 2. The molecule has 164 valence electrons. The van der Waals surface area contributed by atoms with E-state index in [-0.39, 0.29) is 12.5 Å². The highest BCUT2D eigenvalue weighted by Gasteiger charge is 2.34. The number of carbonyl (C=O) groups is 1. The lowest BCUT2D eigenvalue weighted by Crippen LogP contribution is -2.25. The van der Waals surface area contributed by atoms with Crippen LogP contribution >= 0.6 is 11.6 Å². The van der Waals surface area contributed by atoms with Gasteiger partial charge in [-0.2, -0.15) is 18.3 Å². The minimum Gasteiger partial charge on any atom is -0.489 e. The summed E-state index contributed by atoms with van der Waals surface area (Å²) in [5.41, 5.74) is 0.898. The summed E-state index contributed by atoms with van der Waals surface area (Å²) in [5, 5.41) is 6.92. The van der Waals surface area contributed by atoms with Crippen LogP contribution in [0.1, 0.15) is 33.7 Å². The molecule has 0 unspecified atom stereocenters. The molecule has 0 saturated carbocycles. The number of halogens is 4. The molecule has 31 heavy (non-hydrogen) atoms. The van der Waals surface area contributed by atoms with Crippen molar-refractivity contribution < 1.29 is 22.7 Å². The third-order valence-corrected chi connectivity index (χ3v) is 4.76. The molecule has 0 aliphatic carbocycles. The van der Waals surface area contributed by atoms with Crippen molar-refractivity contribution in [2.75, 3.05) is 6.54 Å². The average molecular weight is 452 g/mol. The summed E-state index contributed by atoms with van der Waals surface area (Å²) in [4.78, 5) is 12.3. The average Bonchev–Trinajstić information content (AvgIpc) is 3.11. The molecule has 0 spiro atoms. The number of aryl methyl sites for hydroxylation is 2. The Morgan fingerprint density at radius 2 is 1.90 bits per heavy atom. The van der Waals surface area contributed by atoms with E-state index in [1.807, 2.05) is 6.07 Å². The summed E-state index contributed by atoms with van der Waals surface area (Å²) in [6.45, 7) is 2.50. The Bertz CT molecular complexity index is 1030. The highest BCUT2D eigenvalue weighted by atomic mass is 35.5. The van der Waals surface area contributed by atoms with Crippen molar-refractivity contribution >= 4 is 17.5 Å². The summed E-state index contributed by atoms with van der Waals surface area (Å²) in [7, 11) is 0. The number of hydrogen-bond donors (Lipinski definition) is 1. The first-order valence-corrected chi connectivity index (χ1v) is 9.97. The van der Waals surface area contributed by atoms with Gasteiger partial charge < -0.3 is 10.1 Å². The zero-order valence-corrected chi connectivity index (χ0v) is 17.5. The van der Waals surface area contributed by atoms with Gasteiger partial charge in [0.05, 0.1) is 0 Å². The van der Waals surface area contributed by atoms with Gasteiger partial charge in [-0.25, -0.2) is 0 Å². The van der Waals surface area contributed by atoms with E-state index in [1.54, 1.807) is 49.4 Å². The fourth-order valence-electron chi connectivity index (χ4n) is 2.88. The van der Waals surface area contributed by atoms with Crippen LogP contribution in [0.3, 0.4) is 0 Å². The number of amides is 1. The van der Waals surface area contributed by atoms with Crippen LogP contribution in [0.25, 0.3) is 0 Å². The highest BCUT2D eigenvalue weighted by molar-refractivity contribution is 6.30. The monoisotopic (exact) mass is 451 g/mol. The summed E-state index contributed by atoms with van der Waals surface area (Å²) in [6, 6.07) is 15.1. The summed E-state index contributed by atoms with van der Waals surface area (Å²) in [6.07, 6.45) is -4.01. The van der Waals surface area contributed by atoms with Gasteiger partial charge in [-0.05, 0) is 55.3 Å². The molecule has 0 radical (unpaired) electrons. The first kappa shape index (κ1) is 22.7. The van der Waals surface area contributed by atoms with E-state index in [2.05, 4.69) is 10.4 Å². The molecule has 1 heterocycles. The van der Waals surface area contributed by atoms with Crippen LogP contribution in [0.4, 0.5) is 13.2 Å². The van der Waals surface area contributed by atoms with Crippen LogP contribution in [0.15, 0.2) is 54.6 Å². The van der Waals surface area contributed by atoms with E-state index < -0.39 is 11.9 Å². The van der Waals surface area contributed by atoms with Gasteiger partial charge in [-0.15, -0.1) is 0 Å². The van der Waals surface area contributed by atoms with Crippen LogP contribution in [0.2, 0.25) is 5.02 Å². The minimum absolute atomic E-state index is 0.254. The number of nitrogens with zero attached hydrogens (tertiary/aromatic N) is 2. The highest BCUT2D eigenvalue weighted by Crippen LogP contribution is 2.28. The lowest BCUT2D eigenvalue weighted by Gasteiger charge is -2.09. The van der Waals surface area contributed by atoms with Crippen LogP contribution in [-0.4, -0.2) is 22.2 Å². The van der Waals surface area contributed by atoms with E-state index in [0.717, 1.165) is 11.6 Å². The maximum atomic E-state index is 12.7. The maximum Gasteiger partial charge on any atom is 0.435 e. The number of hydrogen-bond acceptors (Lipinski definition) is 3. The summed E-state index contributed by atoms with van der Waals surface area (Å²) in [5.74, 6) is 0.402. The molecular weight excluding hydrogens is 431 g/mol. The van der Waals surface area contributed by atoms with Crippen LogP contribution in [-0.2, 0) is 19.3 Å². The first-order chi connectivity index (χ1) is 14.7. The fourth-order valence-corrected chi connectivity index (χ4v) is 3.06. The van der Waals surface area contributed by atoms with Crippen molar-refractivity contribution in [3.63, 3.8) is 0 Å². The minimum atomic E-state index is -4.46. The van der Waals surface area contributed by atoms with Crippen molar-refractivity contribution in [2.24, 2.45) is 0 Å². The third-order valence-electron chi connectivity index (χ3n) is 4.52. The molecule has 1 aromatic heterocycles. The van der Waals surface area contributed by atoms with Gasteiger partial charge in [0.2, 0.25) is 0 Å². The van der Waals surface area contributed by atoms with Crippen molar-refractivity contribution in [2.45, 2.75) is 32.7 Å². The van der Waals surface area contributed by atoms with Gasteiger partial charge >= 0.3 is 6.18 Å². The fraction of sp³-hybridized carbons (Fsp3) is 0.273. The van der Waals surface area contributed by atoms with Gasteiger partial charge in [-0.3, -0.25) is 9.48 Å². The second-order valence-corrected chi connectivity index (χ2v) is 7.38.